The minimum Gasteiger partial charge on any atom is -0.326 e. The molecule has 0 spiro atoms. The van der Waals surface area contributed by atoms with Crippen LogP contribution in [-0.4, -0.2) is 30.4 Å². The SMILES string of the molecule is CC(=O)Nc1ccc(N2CCCC(NC(C)C)C2=O)cc1. The molecule has 5 heteroatoms. The normalized spacial score (nSPS) is 19.0. The van der Waals surface area contributed by atoms with Gasteiger partial charge in [0, 0.05) is 30.9 Å². The Labute approximate surface area is 125 Å². The van der Waals surface area contributed by atoms with Gasteiger partial charge in [-0.25, -0.2) is 0 Å². The highest BCUT2D eigenvalue weighted by atomic mass is 16.2. The van der Waals surface area contributed by atoms with Crippen molar-refractivity contribution in [1.29, 1.82) is 0 Å². The van der Waals surface area contributed by atoms with Crippen molar-refractivity contribution in [2.45, 2.75) is 45.7 Å². The summed E-state index contributed by atoms with van der Waals surface area (Å²) in [4.78, 5) is 25.4. The molecule has 2 rings (SSSR count). The molecule has 1 aromatic carbocycles. The third kappa shape index (κ3) is 4.04. The lowest BCUT2D eigenvalue weighted by Gasteiger charge is -2.33. The minimum atomic E-state index is -0.103. The van der Waals surface area contributed by atoms with E-state index in [-0.39, 0.29) is 17.9 Å². The highest BCUT2D eigenvalue weighted by molar-refractivity contribution is 5.98. The highest BCUT2D eigenvalue weighted by Gasteiger charge is 2.29. The molecule has 0 aromatic heterocycles. The highest BCUT2D eigenvalue weighted by Crippen LogP contribution is 2.23. The maximum Gasteiger partial charge on any atom is 0.244 e. The van der Waals surface area contributed by atoms with Crippen molar-refractivity contribution in [3.05, 3.63) is 24.3 Å². The molecule has 1 heterocycles. The van der Waals surface area contributed by atoms with Crippen molar-refractivity contribution in [2.24, 2.45) is 0 Å². The molecule has 0 aliphatic carbocycles. The molecule has 1 aromatic rings. The molecule has 2 N–H and O–H groups in total. The minimum absolute atomic E-state index is 0.0991. The number of amides is 2. The summed E-state index contributed by atoms with van der Waals surface area (Å²) < 4.78 is 0. The van der Waals surface area contributed by atoms with Crippen LogP contribution in [0.2, 0.25) is 0 Å². The molecule has 0 radical (unpaired) electrons. The van der Waals surface area contributed by atoms with Crippen LogP contribution in [0.3, 0.4) is 0 Å². The summed E-state index contributed by atoms with van der Waals surface area (Å²) in [5.74, 6) is 0.0280. The smallest absolute Gasteiger partial charge is 0.244 e. The number of nitrogens with one attached hydrogen (secondary N) is 2. The molecule has 0 saturated carbocycles. The molecule has 1 saturated heterocycles. The van der Waals surface area contributed by atoms with E-state index in [0.29, 0.717) is 6.04 Å². The number of piperidine rings is 1. The van der Waals surface area contributed by atoms with E-state index >= 15 is 0 Å². The molecule has 0 bridgehead atoms. The van der Waals surface area contributed by atoms with Crippen LogP contribution in [0, 0.1) is 0 Å². The molecule has 114 valence electrons. The van der Waals surface area contributed by atoms with Crippen molar-refractivity contribution >= 4 is 23.2 Å². The van der Waals surface area contributed by atoms with Gasteiger partial charge in [-0.05, 0) is 37.1 Å². The molecule has 1 fully saturated rings. The second kappa shape index (κ2) is 6.72. The zero-order chi connectivity index (χ0) is 15.4. The second-order valence-electron chi connectivity index (χ2n) is 5.73. The van der Waals surface area contributed by atoms with Crippen LogP contribution in [-0.2, 0) is 9.59 Å². The first-order valence-corrected chi connectivity index (χ1v) is 7.42. The summed E-state index contributed by atoms with van der Waals surface area (Å²) in [6.07, 6.45) is 1.88. The van der Waals surface area contributed by atoms with E-state index in [1.807, 2.05) is 29.2 Å². The van der Waals surface area contributed by atoms with Crippen molar-refractivity contribution in [3.63, 3.8) is 0 Å². The number of carbonyl (C=O) groups excluding carboxylic acids is 2. The van der Waals surface area contributed by atoms with Gasteiger partial charge >= 0.3 is 0 Å². The maximum absolute atomic E-state index is 12.5. The Balaban J connectivity index is 2.09. The molecular formula is C16H23N3O2. The first-order chi connectivity index (χ1) is 9.97. The van der Waals surface area contributed by atoms with Crippen molar-refractivity contribution in [1.82, 2.24) is 5.32 Å². The lowest BCUT2D eigenvalue weighted by Crippen LogP contribution is -2.52. The number of rotatable bonds is 4. The Kier molecular flexibility index (Phi) is 4.96. The van der Waals surface area contributed by atoms with Gasteiger partial charge in [0.05, 0.1) is 6.04 Å². The van der Waals surface area contributed by atoms with Gasteiger partial charge in [-0.15, -0.1) is 0 Å². The maximum atomic E-state index is 12.5. The van der Waals surface area contributed by atoms with Crippen molar-refractivity contribution in [2.75, 3.05) is 16.8 Å². The Morgan fingerprint density at radius 2 is 1.95 bits per heavy atom. The van der Waals surface area contributed by atoms with E-state index in [9.17, 15) is 9.59 Å². The lowest BCUT2D eigenvalue weighted by molar-refractivity contribution is -0.122. The third-order valence-electron chi connectivity index (χ3n) is 3.47. The summed E-state index contributed by atoms with van der Waals surface area (Å²) in [6, 6.07) is 7.59. The summed E-state index contributed by atoms with van der Waals surface area (Å²) in [7, 11) is 0. The van der Waals surface area contributed by atoms with E-state index in [0.717, 1.165) is 30.8 Å². The topological polar surface area (TPSA) is 61.4 Å². The molecular weight excluding hydrogens is 266 g/mol. The zero-order valence-electron chi connectivity index (χ0n) is 12.8. The van der Waals surface area contributed by atoms with Gasteiger partial charge in [-0.1, -0.05) is 13.8 Å². The van der Waals surface area contributed by atoms with Crippen LogP contribution in [0.4, 0.5) is 11.4 Å². The van der Waals surface area contributed by atoms with Gasteiger partial charge in [-0.2, -0.15) is 0 Å². The van der Waals surface area contributed by atoms with Crippen molar-refractivity contribution < 1.29 is 9.59 Å². The third-order valence-corrected chi connectivity index (χ3v) is 3.47. The molecule has 1 unspecified atom stereocenters. The van der Waals surface area contributed by atoms with Crippen LogP contribution in [0.25, 0.3) is 0 Å². The largest absolute Gasteiger partial charge is 0.326 e. The number of benzene rings is 1. The Hall–Kier alpha value is -1.88. The van der Waals surface area contributed by atoms with Crippen LogP contribution in [0.15, 0.2) is 24.3 Å². The molecule has 21 heavy (non-hydrogen) atoms. The standard InChI is InChI=1S/C16H23N3O2/c1-11(2)17-15-5-4-10-19(16(15)21)14-8-6-13(7-9-14)18-12(3)20/h6-9,11,15,17H,4-5,10H2,1-3H3,(H,18,20). The van der Waals surface area contributed by atoms with Gasteiger partial charge in [-0.3, -0.25) is 9.59 Å². The molecule has 1 atom stereocenters. The van der Waals surface area contributed by atoms with E-state index in [1.54, 1.807) is 0 Å². The number of nitrogens with zero attached hydrogens (tertiary/aromatic N) is 1. The summed E-state index contributed by atoms with van der Waals surface area (Å²) in [5, 5.41) is 6.05. The summed E-state index contributed by atoms with van der Waals surface area (Å²) in [6.45, 7) is 6.32. The Bertz CT molecular complexity index is 511. The Morgan fingerprint density at radius 3 is 2.52 bits per heavy atom. The van der Waals surface area contributed by atoms with Gasteiger partial charge in [0.15, 0.2) is 0 Å². The number of anilines is 2. The van der Waals surface area contributed by atoms with E-state index in [1.165, 1.54) is 6.92 Å². The number of hydrogen-bond acceptors (Lipinski definition) is 3. The average Bonchev–Trinajstić information content (AvgIpc) is 2.41. The molecule has 1 aliphatic rings. The summed E-state index contributed by atoms with van der Waals surface area (Å²) >= 11 is 0. The monoisotopic (exact) mass is 289 g/mol. The lowest BCUT2D eigenvalue weighted by atomic mass is 10.0. The van der Waals surface area contributed by atoms with Crippen LogP contribution in [0.1, 0.15) is 33.6 Å². The summed E-state index contributed by atoms with van der Waals surface area (Å²) in [5.41, 5.74) is 1.62. The number of carbonyl (C=O) groups is 2. The van der Waals surface area contributed by atoms with Gasteiger partial charge in [0.25, 0.3) is 0 Å². The number of hydrogen-bond donors (Lipinski definition) is 2. The van der Waals surface area contributed by atoms with Crippen LogP contribution in [0.5, 0.6) is 0 Å². The van der Waals surface area contributed by atoms with Gasteiger partial charge in [0.2, 0.25) is 11.8 Å². The first-order valence-electron chi connectivity index (χ1n) is 7.42. The van der Waals surface area contributed by atoms with Crippen LogP contribution >= 0.6 is 0 Å². The fourth-order valence-electron chi connectivity index (χ4n) is 2.62. The fraction of sp³-hybridized carbons (Fsp3) is 0.500. The fourth-order valence-corrected chi connectivity index (χ4v) is 2.62. The molecule has 1 aliphatic heterocycles. The predicted molar refractivity (Wildman–Crippen MR) is 84.4 cm³/mol. The van der Waals surface area contributed by atoms with E-state index < -0.39 is 0 Å². The van der Waals surface area contributed by atoms with E-state index in [4.69, 9.17) is 0 Å². The van der Waals surface area contributed by atoms with Gasteiger partial charge < -0.3 is 15.5 Å². The Morgan fingerprint density at radius 1 is 1.29 bits per heavy atom. The van der Waals surface area contributed by atoms with Crippen LogP contribution < -0.4 is 15.5 Å². The quantitative estimate of drug-likeness (QED) is 0.892. The van der Waals surface area contributed by atoms with Crippen molar-refractivity contribution in [3.8, 4) is 0 Å². The van der Waals surface area contributed by atoms with Gasteiger partial charge in [0.1, 0.15) is 0 Å². The average molecular weight is 289 g/mol. The second-order valence-corrected chi connectivity index (χ2v) is 5.73. The first kappa shape index (κ1) is 15.5. The molecule has 5 nitrogen and oxygen atoms in total. The predicted octanol–water partition coefficient (Wildman–Crippen LogP) is 2.14. The zero-order valence-corrected chi connectivity index (χ0v) is 12.8. The molecule has 2 amide bonds. The van der Waals surface area contributed by atoms with E-state index in [2.05, 4.69) is 24.5 Å².